The van der Waals surface area contributed by atoms with Crippen LogP contribution < -0.4 is 20.7 Å². The second-order valence-corrected chi connectivity index (χ2v) is 8.07. The monoisotopic (exact) mass is 445 g/mol. The molecule has 0 radical (unpaired) electrons. The van der Waals surface area contributed by atoms with E-state index < -0.39 is 41.9 Å². The molecule has 2 rings (SSSR count). The lowest BCUT2D eigenvalue weighted by molar-refractivity contribution is -0.161. The summed E-state index contributed by atoms with van der Waals surface area (Å²) in [6.07, 6.45) is 0.479. The van der Waals surface area contributed by atoms with Crippen LogP contribution in [0.15, 0.2) is 36.5 Å². The minimum Gasteiger partial charge on any atom is -0.497 e. The summed E-state index contributed by atoms with van der Waals surface area (Å²) in [5.41, 5.74) is 0.836. The number of esters is 1. The van der Waals surface area contributed by atoms with Gasteiger partial charge in [0.2, 0.25) is 5.91 Å². The summed E-state index contributed by atoms with van der Waals surface area (Å²) in [5, 5.41) is 7.51. The molecule has 3 atom stereocenters. The molecular formula is C23H31N3O6. The van der Waals surface area contributed by atoms with Crippen molar-refractivity contribution in [2.24, 2.45) is 5.92 Å². The highest BCUT2D eigenvalue weighted by Gasteiger charge is 2.33. The molecule has 32 heavy (non-hydrogen) atoms. The average Bonchev–Trinajstić information content (AvgIpc) is 2.75. The summed E-state index contributed by atoms with van der Waals surface area (Å²) < 4.78 is 10.5. The lowest BCUT2D eigenvalue weighted by Gasteiger charge is -2.27. The Morgan fingerprint density at radius 3 is 2.31 bits per heavy atom. The maximum absolute atomic E-state index is 12.8. The number of nitrogens with one attached hydrogen (secondary N) is 3. The van der Waals surface area contributed by atoms with Crippen LogP contribution in [-0.4, -0.2) is 49.0 Å². The zero-order valence-corrected chi connectivity index (χ0v) is 18.9. The number of methoxy groups -OCH3 is 1. The Morgan fingerprint density at radius 2 is 1.72 bits per heavy atom. The van der Waals surface area contributed by atoms with Gasteiger partial charge in [0.1, 0.15) is 17.8 Å². The fourth-order valence-electron chi connectivity index (χ4n) is 3.18. The van der Waals surface area contributed by atoms with E-state index in [9.17, 15) is 19.2 Å². The van der Waals surface area contributed by atoms with Gasteiger partial charge in [0.15, 0.2) is 6.10 Å². The summed E-state index contributed by atoms with van der Waals surface area (Å²) in [7, 11) is 1.59. The normalized spacial score (nSPS) is 22.8. The third-order valence-corrected chi connectivity index (χ3v) is 5.11. The number of carbonyl (C=O) groups is 4. The predicted molar refractivity (Wildman–Crippen MR) is 117 cm³/mol. The largest absolute Gasteiger partial charge is 0.497 e. The van der Waals surface area contributed by atoms with Gasteiger partial charge < -0.3 is 25.4 Å². The van der Waals surface area contributed by atoms with Crippen molar-refractivity contribution in [3.63, 3.8) is 0 Å². The van der Waals surface area contributed by atoms with E-state index in [0.717, 1.165) is 11.3 Å². The Balaban J connectivity index is 2.16. The summed E-state index contributed by atoms with van der Waals surface area (Å²) in [4.78, 5) is 50.2. The molecule has 0 saturated carbocycles. The third kappa shape index (κ3) is 6.83. The predicted octanol–water partition coefficient (Wildman–Crippen LogP) is 1.22. The van der Waals surface area contributed by atoms with Gasteiger partial charge in [-0.3, -0.25) is 14.4 Å². The quantitative estimate of drug-likeness (QED) is 0.447. The van der Waals surface area contributed by atoms with Gasteiger partial charge in [-0.15, -0.1) is 0 Å². The Kier molecular flexibility index (Phi) is 8.80. The molecule has 9 heteroatoms. The van der Waals surface area contributed by atoms with Crippen molar-refractivity contribution >= 4 is 23.7 Å². The smallest absolute Gasteiger partial charge is 0.329 e. The molecule has 1 unspecified atom stereocenters. The Labute approximate surface area is 187 Å². The molecule has 0 spiro atoms. The van der Waals surface area contributed by atoms with Crippen LogP contribution in [0.5, 0.6) is 5.75 Å². The van der Waals surface area contributed by atoms with Gasteiger partial charge >= 0.3 is 5.97 Å². The van der Waals surface area contributed by atoms with Gasteiger partial charge in [0, 0.05) is 0 Å². The minimum atomic E-state index is -1.10. The molecule has 1 aliphatic heterocycles. The first-order chi connectivity index (χ1) is 15.1. The molecule has 174 valence electrons. The third-order valence-electron chi connectivity index (χ3n) is 5.11. The molecule has 1 saturated heterocycles. The SMILES string of the molecule is C=C1NC(=O)[C@H](CCCc2ccc(OC)cc2)NC(=O)C(C(C)C)OC(=O)[C@H](C)NC1=O. The van der Waals surface area contributed by atoms with Crippen LogP contribution in [0.3, 0.4) is 0 Å². The van der Waals surface area contributed by atoms with E-state index in [4.69, 9.17) is 9.47 Å². The van der Waals surface area contributed by atoms with Crippen molar-refractivity contribution in [2.75, 3.05) is 7.11 Å². The molecule has 1 fully saturated rings. The first-order valence-electron chi connectivity index (χ1n) is 10.6. The molecule has 1 aromatic carbocycles. The van der Waals surface area contributed by atoms with E-state index >= 15 is 0 Å². The van der Waals surface area contributed by atoms with Gasteiger partial charge in [-0.1, -0.05) is 32.6 Å². The Bertz CT molecular complexity index is 865. The summed E-state index contributed by atoms with van der Waals surface area (Å²) >= 11 is 0. The van der Waals surface area contributed by atoms with Gasteiger partial charge in [-0.05, 0) is 49.8 Å². The minimum absolute atomic E-state index is 0.218. The van der Waals surface area contributed by atoms with Crippen molar-refractivity contribution in [3.05, 3.63) is 42.1 Å². The van der Waals surface area contributed by atoms with Crippen molar-refractivity contribution in [2.45, 2.75) is 58.2 Å². The molecular weight excluding hydrogens is 414 g/mol. The molecule has 3 amide bonds. The molecule has 1 heterocycles. The average molecular weight is 446 g/mol. The van der Waals surface area contributed by atoms with Gasteiger partial charge in [-0.2, -0.15) is 0 Å². The second-order valence-electron chi connectivity index (χ2n) is 8.07. The first kappa shape index (κ1) is 24.9. The molecule has 0 aromatic heterocycles. The topological polar surface area (TPSA) is 123 Å². The van der Waals surface area contributed by atoms with E-state index in [1.54, 1.807) is 21.0 Å². The lowest BCUT2D eigenvalue weighted by atomic mass is 10.0. The zero-order valence-electron chi connectivity index (χ0n) is 18.9. The molecule has 9 nitrogen and oxygen atoms in total. The number of hydrogen-bond acceptors (Lipinski definition) is 6. The van der Waals surface area contributed by atoms with E-state index in [2.05, 4.69) is 22.5 Å². The summed E-state index contributed by atoms with van der Waals surface area (Å²) in [6.45, 7) is 8.44. The number of cyclic esters (lactones) is 1. The van der Waals surface area contributed by atoms with Crippen LogP contribution in [-0.2, 0) is 30.3 Å². The van der Waals surface area contributed by atoms with E-state index in [0.29, 0.717) is 19.3 Å². The van der Waals surface area contributed by atoms with Crippen LogP contribution in [0.1, 0.15) is 39.2 Å². The van der Waals surface area contributed by atoms with Crippen molar-refractivity contribution in [3.8, 4) is 5.75 Å². The molecule has 0 aliphatic carbocycles. The number of amides is 3. The highest BCUT2D eigenvalue weighted by atomic mass is 16.5. The Morgan fingerprint density at radius 1 is 1.06 bits per heavy atom. The van der Waals surface area contributed by atoms with E-state index in [-0.39, 0.29) is 11.6 Å². The number of rotatable bonds is 6. The zero-order chi connectivity index (χ0) is 23.8. The molecule has 3 N–H and O–H groups in total. The van der Waals surface area contributed by atoms with E-state index in [1.807, 2.05) is 24.3 Å². The van der Waals surface area contributed by atoms with Gasteiger partial charge in [-0.25, -0.2) is 4.79 Å². The maximum Gasteiger partial charge on any atom is 0.329 e. The second kappa shape index (κ2) is 11.3. The first-order valence-corrected chi connectivity index (χ1v) is 10.6. The van der Waals surface area contributed by atoms with Crippen LogP contribution in [0.4, 0.5) is 0 Å². The molecule has 0 bridgehead atoms. The van der Waals surface area contributed by atoms with Crippen molar-refractivity contribution in [1.29, 1.82) is 0 Å². The maximum atomic E-state index is 12.8. The highest BCUT2D eigenvalue weighted by molar-refractivity contribution is 6.01. The van der Waals surface area contributed by atoms with Crippen LogP contribution in [0.2, 0.25) is 0 Å². The number of aryl methyl sites for hydroxylation is 1. The fraction of sp³-hybridized carbons (Fsp3) is 0.478. The van der Waals surface area contributed by atoms with Crippen LogP contribution in [0.25, 0.3) is 0 Å². The lowest BCUT2D eigenvalue weighted by Crippen LogP contribution is -2.54. The van der Waals surface area contributed by atoms with Crippen molar-refractivity contribution < 1.29 is 28.7 Å². The number of ether oxygens (including phenoxy) is 2. The Hall–Kier alpha value is -3.36. The van der Waals surface area contributed by atoms with Crippen molar-refractivity contribution in [1.82, 2.24) is 16.0 Å². The standard InChI is InChI=1S/C23H31N3O6/c1-13(2)19-22(29)26-18(8-6-7-16-9-11-17(31-5)12-10-16)21(28)24-14(3)20(27)25-15(4)23(30)32-19/h9-13,15,18-19H,3,6-8H2,1-2,4-5H3,(H,24,28)(H,25,27)(H,26,29)/t15-,18-,19?/m0/s1. The van der Waals surface area contributed by atoms with Crippen LogP contribution >= 0.6 is 0 Å². The molecule has 1 aromatic rings. The number of benzene rings is 1. The number of carbonyl (C=O) groups excluding carboxylic acids is 4. The number of hydrogen-bond donors (Lipinski definition) is 3. The molecule has 1 aliphatic rings. The van der Waals surface area contributed by atoms with Gasteiger partial charge in [0.05, 0.1) is 12.8 Å². The van der Waals surface area contributed by atoms with Gasteiger partial charge in [0.25, 0.3) is 11.8 Å². The van der Waals surface area contributed by atoms with Crippen LogP contribution in [0, 0.1) is 5.92 Å². The summed E-state index contributed by atoms with van der Waals surface area (Å²) in [6, 6.07) is 5.63. The fourth-order valence-corrected chi connectivity index (χ4v) is 3.18. The summed E-state index contributed by atoms with van der Waals surface area (Å²) in [5.74, 6) is -2.16. The van der Waals surface area contributed by atoms with E-state index in [1.165, 1.54) is 6.92 Å². The highest BCUT2D eigenvalue weighted by Crippen LogP contribution is 2.15.